The van der Waals surface area contributed by atoms with E-state index in [9.17, 15) is 14.4 Å². The highest BCUT2D eigenvalue weighted by molar-refractivity contribution is 7.99. The van der Waals surface area contributed by atoms with E-state index in [1.807, 2.05) is 23.8 Å². The molecule has 210 valence electrons. The summed E-state index contributed by atoms with van der Waals surface area (Å²) in [5.74, 6) is -0.798. The fourth-order valence-corrected chi connectivity index (χ4v) is 6.02. The average Bonchev–Trinajstić information content (AvgIpc) is 3.69. The van der Waals surface area contributed by atoms with Crippen molar-refractivity contribution >= 4 is 45.9 Å². The molecule has 3 aromatic heterocycles. The van der Waals surface area contributed by atoms with E-state index in [1.165, 1.54) is 11.8 Å². The number of nitrogens with zero attached hydrogens (tertiary/aromatic N) is 5. The molecule has 1 fully saturated rings. The predicted molar refractivity (Wildman–Crippen MR) is 145 cm³/mol. The number of esters is 2. The summed E-state index contributed by atoms with van der Waals surface area (Å²) in [5, 5.41) is 16.8. The monoisotopic (exact) mass is 576 g/mol. The predicted octanol–water partition coefficient (Wildman–Crippen LogP) is 3.46. The number of rotatable bonds is 12. The van der Waals surface area contributed by atoms with Crippen LogP contribution in [0.1, 0.15) is 63.8 Å². The number of aryl methyl sites for hydroxylation is 1. The number of thiophene rings is 1. The van der Waals surface area contributed by atoms with Gasteiger partial charge in [-0.25, -0.2) is 9.59 Å². The summed E-state index contributed by atoms with van der Waals surface area (Å²) in [7, 11) is 0. The van der Waals surface area contributed by atoms with E-state index in [0.717, 1.165) is 36.5 Å². The Labute approximate surface area is 234 Å². The van der Waals surface area contributed by atoms with Crippen LogP contribution in [0.4, 0.5) is 5.00 Å². The number of anilines is 1. The number of amides is 1. The maximum Gasteiger partial charge on any atom is 0.348 e. The number of aromatic nitrogens is 5. The van der Waals surface area contributed by atoms with Crippen LogP contribution in [0.3, 0.4) is 0 Å². The van der Waals surface area contributed by atoms with Crippen LogP contribution in [0.2, 0.25) is 0 Å². The molecule has 3 aromatic rings. The number of carbonyl (C=O) groups excluding carboxylic acids is 3. The Morgan fingerprint density at radius 3 is 2.62 bits per heavy atom. The van der Waals surface area contributed by atoms with E-state index in [1.54, 1.807) is 25.5 Å². The van der Waals surface area contributed by atoms with E-state index in [0.29, 0.717) is 29.6 Å². The third-order valence-electron chi connectivity index (χ3n) is 5.95. The summed E-state index contributed by atoms with van der Waals surface area (Å²) in [6.07, 6.45) is 3.88. The molecule has 0 radical (unpaired) electrons. The molecule has 14 heteroatoms. The standard InChI is InChI=1S/C25H32N6O6S2/c1-5-35-23(33)20-16(4)21(24(34)36-6-2)39-22(20)26-19(32)14-38-25-28-27-18(13-30-10-9-15(3)29-30)31(25)12-17-8-7-11-37-17/h9-10,17H,5-8,11-14H2,1-4H3,(H,26,32)/t17-/m1/s1. The van der Waals surface area contributed by atoms with Crippen molar-refractivity contribution in [3.05, 3.63) is 39.8 Å². The molecular formula is C25H32N6O6S2. The number of ether oxygens (including phenoxy) is 3. The van der Waals surface area contributed by atoms with Crippen LogP contribution in [0.25, 0.3) is 0 Å². The molecule has 1 aliphatic rings. The lowest BCUT2D eigenvalue weighted by Crippen LogP contribution is -2.20. The Kier molecular flexibility index (Phi) is 9.75. The molecule has 1 N–H and O–H groups in total. The van der Waals surface area contributed by atoms with Gasteiger partial charge < -0.3 is 24.1 Å². The SMILES string of the molecule is CCOC(=O)c1sc(NC(=O)CSc2nnc(Cn3ccc(C)n3)n2C[C@H]2CCCO2)c(C(=O)OCC)c1C. The normalized spacial score (nSPS) is 14.9. The van der Waals surface area contributed by atoms with Crippen molar-refractivity contribution in [2.24, 2.45) is 0 Å². The fourth-order valence-electron chi connectivity index (χ4n) is 4.15. The van der Waals surface area contributed by atoms with Crippen LogP contribution in [-0.2, 0) is 32.1 Å². The molecule has 0 saturated carbocycles. The molecule has 12 nitrogen and oxygen atoms in total. The zero-order valence-corrected chi connectivity index (χ0v) is 24.0. The first-order valence-corrected chi connectivity index (χ1v) is 14.5. The van der Waals surface area contributed by atoms with Crippen LogP contribution in [-0.4, -0.2) is 74.1 Å². The van der Waals surface area contributed by atoms with Gasteiger partial charge in [0.2, 0.25) is 5.91 Å². The summed E-state index contributed by atoms with van der Waals surface area (Å²) in [6.45, 7) is 9.04. The van der Waals surface area contributed by atoms with Gasteiger partial charge in [0.1, 0.15) is 16.4 Å². The summed E-state index contributed by atoms with van der Waals surface area (Å²) in [4.78, 5) is 38.3. The first-order valence-electron chi connectivity index (χ1n) is 12.7. The molecule has 1 amide bonds. The zero-order valence-electron chi connectivity index (χ0n) is 22.4. The van der Waals surface area contributed by atoms with E-state index in [-0.39, 0.29) is 46.4 Å². The van der Waals surface area contributed by atoms with Gasteiger partial charge >= 0.3 is 11.9 Å². The summed E-state index contributed by atoms with van der Waals surface area (Å²) in [5.41, 5.74) is 1.47. The zero-order chi connectivity index (χ0) is 27.9. The van der Waals surface area contributed by atoms with Crippen molar-refractivity contribution in [1.82, 2.24) is 24.5 Å². The summed E-state index contributed by atoms with van der Waals surface area (Å²) < 4.78 is 19.9. The molecule has 0 aromatic carbocycles. The van der Waals surface area contributed by atoms with Crippen molar-refractivity contribution in [1.29, 1.82) is 0 Å². The number of hydrogen-bond donors (Lipinski definition) is 1. The number of carbonyl (C=O) groups is 3. The van der Waals surface area contributed by atoms with Crippen LogP contribution in [0.15, 0.2) is 17.4 Å². The maximum atomic E-state index is 13.0. The minimum atomic E-state index is -0.612. The van der Waals surface area contributed by atoms with Crippen molar-refractivity contribution in [2.45, 2.75) is 64.9 Å². The van der Waals surface area contributed by atoms with Gasteiger partial charge in [-0.3, -0.25) is 9.48 Å². The van der Waals surface area contributed by atoms with Gasteiger partial charge in [0.15, 0.2) is 11.0 Å². The van der Waals surface area contributed by atoms with Gasteiger partial charge in [-0.2, -0.15) is 5.10 Å². The Hall–Kier alpha value is -3.23. The van der Waals surface area contributed by atoms with Crippen LogP contribution >= 0.6 is 23.1 Å². The minimum absolute atomic E-state index is 0.0124. The van der Waals surface area contributed by atoms with Gasteiger partial charge in [0, 0.05) is 12.8 Å². The van der Waals surface area contributed by atoms with Gasteiger partial charge in [-0.15, -0.1) is 21.5 Å². The topological polar surface area (TPSA) is 139 Å². The maximum absolute atomic E-state index is 13.0. The van der Waals surface area contributed by atoms with Crippen molar-refractivity contribution in [2.75, 3.05) is 30.9 Å². The molecule has 1 saturated heterocycles. The van der Waals surface area contributed by atoms with Gasteiger partial charge in [-0.05, 0) is 52.2 Å². The molecule has 4 heterocycles. The quantitative estimate of drug-likeness (QED) is 0.252. The second-order valence-electron chi connectivity index (χ2n) is 8.84. The highest BCUT2D eigenvalue weighted by atomic mass is 32.2. The largest absolute Gasteiger partial charge is 0.462 e. The molecule has 4 rings (SSSR count). The molecule has 0 bridgehead atoms. The number of thioether (sulfide) groups is 1. The van der Waals surface area contributed by atoms with Crippen molar-refractivity contribution in [3.8, 4) is 0 Å². The second kappa shape index (κ2) is 13.2. The highest BCUT2D eigenvalue weighted by Gasteiger charge is 2.28. The van der Waals surface area contributed by atoms with E-state index < -0.39 is 11.9 Å². The lowest BCUT2D eigenvalue weighted by molar-refractivity contribution is -0.113. The van der Waals surface area contributed by atoms with Gasteiger partial charge in [-0.1, -0.05) is 11.8 Å². The lowest BCUT2D eigenvalue weighted by Gasteiger charge is -2.14. The minimum Gasteiger partial charge on any atom is -0.462 e. The van der Waals surface area contributed by atoms with Crippen molar-refractivity contribution < 1.29 is 28.6 Å². The first-order chi connectivity index (χ1) is 18.8. The smallest absolute Gasteiger partial charge is 0.348 e. The molecule has 39 heavy (non-hydrogen) atoms. The van der Waals surface area contributed by atoms with Crippen LogP contribution in [0.5, 0.6) is 0 Å². The summed E-state index contributed by atoms with van der Waals surface area (Å²) in [6, 6.07) is 1.92. The fraction of sp³-hybridized carbons (Fsp3) is 0.520. The van der Waals surface area contributed by atoms with E-state index >= 15 is 0 Å². The number of hydrogen-bond acceptors (Lipinski definition) is 11. The van der Waals surface area contributed by atoms with E-state index in [4.69, 9.17) is 14.2 Å². The van der Waals surface area contributed by atoms with Gasteiger partial charge in [0.25, 0.3) is 0 Å². The van der Waals surface area contributed by atoms with Crippen LogP contribution in [0, 0.1) is 13.8 Å². The average molecular weight is 577 g/mol. The Morgan fingerprint density at radius 1 is 1.18 bits per heavy atom. The molecule has 0 spiro atoms. The summed E-state index contributed by atoms with van der Waals surface area (Å²) >= 11 is 2.23. The Morgan fingerprint density at radius 2 is 1.95 bits per heavy atom. The molecule has 1 aliphatic heterocycles. The molecule has 0 aliphatic carbocycles. The Bertz CT molecular complexity index is 1330. The van der Waals surface area contributed by atoms with Crippen molar-refractivity contribution in [3.63, 3.8) is 0 Å². The van der Waals surface area contributed by atoms with Gasteiger partial charge in [0.05, 0.1) is 42.9 Å². The van der Waals surface area contributed by atoms with Crippen LogP contribution < -0.4 is 5.32 Å². The first kappa shape index (κ1) is 28.8. The number of nitrogens with one attached hydrogen (secondary N) is 1. The Balaban J connectivity index is 1.50. The molecular weight excluding hydrogens is 544 g/mol. The highest BCUT2D eigenvalue weighted by Crippen LogP contribution is 2.34. The van der Waals surface area contributed by atoms with E-state index in [2.05, 4.69) is 20.6 Å². The second-order valence-corrected chi connectivity index (χ2v) is 10.8. The third kappa shape index (κ3) is 7.05. The molecule has 0 unspecified atom stereocenters. The third-order valence-corrected chi connectivity index (χ3v) is 8.11. The lowest BCUT2D eigenvalue weighted by atomic mass is 10.1. The molecule has 1 atom stereocenters.